The predicted molar refractivity (Wildman–Crippen MR) is 262 cm³/mol. The van der Waals surface area contributed by atoms with Gasteiger partial charge in [0.25, 0.3) is 0 Å². The average molecular weight is 804 g/mol. The summed E-state index contributed by atoms with van der Waals surface area (Å²) < 4.78 is 11.7. The van der Waals surface area contributed by atoms with Gasteiger partial charge in [0.1, 0.15) is 11.3 Å². The van der Waals surface area contributed by atoms with Gasteiger partial charge in [-0.25, -0.2) is 4.98 Å². The number of furan rings is 1. The summed E-state index contributed by atoms with van der Waals surface area (Å²) in [6, 6.07) is 80.3. The summed E-state index contributed by atoms with van der Waals surface area (Å²) >= 11 is 0. The van der Waals surface area contributed by atoms with E-state index in [1.54, 1.807) is 0 Å². The topological polar surface area (TPSA) is 35.9 Å². The van der Waals surface area contributed by atoms with Gasteiger partial charge in [-0.05, 0) is 65.7 Å². The highest BCUT2D eigenvalue weighted by molar-refractivity contribution is 6.26. The number of aromatic nitrogens is 3. The quantitative estimate of drug-likeness (QED) is 0.168. The number of pyridine rings is 1. The van der Waals surface area contributed by atoms with Gasteiger partial charge in [0.15, 0.2) is 5.58 Å². The number of nitrogens with zero attached hydrogens (tertiary/aromatic N) is 3. The van der Waals surface area contributed by atoms with Gasteiger partial charge < -0.3 is 13.6 Å². The number of hydrogen-bond donors (Lipinski definition) is 0. The molecule has 4 aromatic heterocycles. The second-order valence-electron chi connectivity index (χ2n) is 16.2. The van der Waals surface area contributed by atoms with E-state index in [0.29, 0.717) is 0 Å². The Morgan fingerprint density at radius 3 is 1.57 bits per heavy atom. The van der Waals surface area contributed by atoms with Crippen LogP contribution in [0.15, 0.2) is 229 Å². The van der Waals surface area contributed by atoms with Crippen LogP contribution in [0, 0.1) is 0 Å². The minimum atomic E-state index is 0.773. The maximum absolute atomic E-state index is 6.78. The van der Waals surface area contributed by atoms with Crippen molar-refractivity contribution in [3.8, 4) is 56.1 Å². The van der Waals surface area contributed by atoms with E-state index in [9.17, 15) is 0 Å². The van der Waals surface area contributed by atoms with Crippen molar-refractivity contribution in [2.45, 2.75) is 0 Å². The Kier molecular flexibility index (Phi) is 7.87. The highest BCUT2D eigenvalue weighted by Gasteiger charge is 2.26. The van der Waals surface area contributed by atoms with Gasteiger partial charge in [0.05, 0.1) is 33.4 Å². The van der Waals surface area contributed by atoms with E-state index in [0.717, 1.165) is 89.1 Å². The van der Waals surface area contributed by atoms with Crippen LogP contribution in [0.4, 0.5) is 0 Å². The molecule has 0 N–H and O–H groups in total. The van der Waals surface area contributed by atoms with Crippen LogP contribution >= 0.6 is 0 Å². The zero-order valence-corrected chi connectivity index (χ0v) is 34.1. The Morgan fingerprint density at radius 1 is 0.365 bits per heavy atom. The van der Waals surface area contributed by atoms with Gasteiger partial charge in [0.2, 0.25) is 0 Å². The molecule has 0 amide bonds. The molecular weight excluding hydrogens is 767 g/mol. The molecular formula is C59H37N3O. The summed E-state index contributed by atoms with van der Waals surface area (Å²) in [5, 5.41) is 6.98. The fraction of sp³-hybridized carbons (Fsp3) is 0. The van der Waals surface area contributed by atoms with Crippen molar-refractivity contribution in [2.24, 2.45) is 0 Å². The minimum Gasteiger partial charge on any atom is -0.454 e. The fourth-order valence-electron chi connectivity index (χ4n) is 9.96. The first-order valence-corrected chi connectivity index (χ1v) is 21.5. The molecule has 0 bridgehead atoms. The summed E-state index contributed by atoms with van der Waals surface area (Å²) in [6.45, 7) is 0. The highest BCUT2D eigenvalue weighted by Crippen LogP contribution is 2.48. The molecule has 63 heavy (non-hydrogen) atoms. The summed E-state index contributed by atoms with van der Waals surface area (Å²) in [4.78, 5) is 5.49. The maximum Gasteiger partial charge on any atom is 0.161 e. The molecule has 0 unspecified atom stereocenters. The van der Waals surface area contributed by atoms with Crippen LogP contribution in [0.5, 0.6) is 0 Å². The molecule has 0 aliphatic rings. The molecule has 0 aliphatic carbocycles. The van der Waals surface area contributed by atoms with Crippen molar-refractivity contribution in [2.75, 3.05) is 0 Å². The largest absolute Gasteiger partial charge is 0.454 e. The van der Waals surface area contributed by atoms with Crippen LogP contribution < -0.4 is 0 Å². The summed E-state index contributed by atoms with van der Waals surface area (Å²) in [5.74, 6) is 0. The Morgan fingerprint density at radius 2 is 0.905 bits per heavy atom. The lowest BCUT2D eigenvalue weighted by Crippen LogP contribution is -2.02. The molecule has 9 aromatic carbocycles. The van der Waals surface area contributed by atoms with E-state index in [4.69, 9.17) is 9.40 Å². The van der Waals surface area contributed by atoms with Crippen molar-refractivity contribution in [3.05, 3.63) is 224 Å². The SMILES string of the molecule is c1ccc(-c2cc3c(oc4ccccc43)c(-c3cc(-c4ccccc4)c(-n4c5ccccc5c5c4ccc4c6ccccc6n(-c6ccccc6)c45)c(-c4ccccc4)c3)n2)cc1. The maximum atomic E-state index is 6.78. The van der Waals surface area contributed by atoms with Crippen LogP contribution in [0.25, 0.3) is 122 Å². The van der Waals surface area contributed by atoms with Crippen LogP contribution in [-0.2, 0) is 0 Å². The lowest BCUT2D eigenvalue weighted by atomic mass is 9.91. The Labute approximate surface area is 363 Å². The third-order valence-electron chi connectivity index (χ3n) is 12.7. The van der Waals surface area contributed by atoms with E-state index >= 15 is 0 Å². The standard InChI is InChI=1S/C59H37N3O/c1-5-19-38(20-6-1)47-35-41(56-59-49(44-28-15-18-32-54(44)63-59)37-50(60-56)40-23-9-3-10-24-40)36-48(39-21-7-2-8-22-39)57(47)62-52-31-17-14-29-46(52)55-53(62)34-33-45-43-27-13-16-30-51(43)61(58(45)55)42-25-11-4-12-26-42/h1-37H. The van der Waals surface area contributed by atoms with Gasteiger partial charge >= 0.3 is 0 Å². The molecule has 13 aromatic rings. The molecule has 294 valence electrons. The molecule has 13 rings (SSSR count). The van der Waals surface area contributed by atoms with E-state index < -0.39 is 0 Å². The second kappa shape index (κ2) is 14.1. The smallest absolute Gasteiger partial charge is 0.161 e. The molecule has 0 aliphatic heterocycles. The highest BCUT2D eigenvalue weighted by atomic mass is 16.3. The lowest BCUT2D eigenvalue weighted by Gasteiger charge is -2.21. The van der Waals surface area contributed by atoms with Crippen molar-refractivity contribution in [3.63, 3.8) is 0 Å². The van der Waals surface area contributed by atoms with Crippen molar-refractivity contribution < 1.29 is 4.42 Å². The first kappa shape index (κ1) is 35.3. The van der Waals surface area contributed by atoms with Crippen LogP contribution in [0.2, 0.25) is 0 Å². The number of benzene rings is 9. The van der Waals surface area contributed by atoms with Gasteiger partial charge in [-0.3, -0.25) is 0 Å². The van der Waals surface area contributed by atoms with Crippen molar-refractivity contribution >= 4 is 65.6 Å². The van der Waals surface area contributed by atoms with Gasteiger partial charge in [-0.1, -0.05) is 170 Å². The van der Waals surface area contributed by atoms with E-state index in [2.05, 4.69) is 215 Å². The number of hydrogen-bond acceptors (Lipinski definition) is 2. The van der Waals surface area contributed by atoms with E-state index in [1.807, 2.05) is 18.2 Å². The number of rotatable bonds is 6. The van der Waals surface area contributed by atoms with Crippen LogP contribution in [-0.4, -0.2) is 14.1 Å². The molecule has 4 heteroatoms. The molecule has 0 fully saturated rings. The third kappa shape index (κ3) is 5.45. The Balaban J connectivity index is 1.19. The summed E-state index contributed by atoms with van der Waals surface area (Å²) in [6.07, 6.45) is 0. The van der Waals surface area contributed by atoms with Crippen LogP contribution in [0.3, 0.4) is 0 Å². The molecule has 0 atom stereocenters. The van der Waals surface area contributed by atoms with Gasteiger partial charge in [-0.15, -0.1) is 0 Å². The molecule has 4 nitrogen and oxygen atoms in total. The first-order valence-electron chi connectivity index (χ1n) is 21.5. The van der Waals surface area contributed by atoms with Crippen LogP contribution in [0.1, 0.15) is 0 Å². The van der Waals surface area contributed by atoms with Crippen molar-refractivity contribution in [1.29, 1.82) is 0 Å². The number of para-hydroxylation sites is 4. The molecule has 0 saturated carbocycles. The lowest BCUT2D eigenvalue weighted by molar-refractivity contribution is 0.668. The van der Waals surface area contributed by atoms with E-state index in [1.165, 1.54) is 32.6 Å². The number of fused-ring (bicyclic) bond motifs is 10. The second-order valence-corrected chi connectivity index (χ2v) is 16.2. The zero-order valence-electron chi connectivity index (χ0n) is 34.1. The molecule has 0 spiro atoms. The minimum absolute atomic E-state index is 0.773. The predicted octanol–water partition coefficient (Wildman–Crippen LogP) is 15.8. The van der Waals surface area contributed by atoms with Gasteiger partial charge in [0, 0.05) is 60.3 Å². The first-order chi connectivity index (χ1) is 31.3. The van der Waals surface area contributed by atoms with E-state index in [-0.39, 0.29) is 0 Å². The third-order valence-corrected chi connectivity index (χ3v) is 12.7. The Bertz CT molecular complexity index is 3820. The normalized spacial score (nSPS) is 11.8. The molecule has 0 saturated heterocycles. The van der Waals surface area contributed by atoms with Crippen molar-refractivity contribution in [1.82, 2.24) is 14.1 Å². The molecule has 4 heterocycles. The monoisotopic (exact) mass is 803 g/mol. The Hall–Kier alpha value is -8.47. The fourth-order valence-corrected chi connectivity index (χ4v) is 9.96. The molecule has 0 radical (unpaired) electrons. The summed E-state index contributed by atoms with van der Waals surface area (Å²) in [7, 11) is 0. The summed E-state index contributed by atoms with van der Waals surface area (Å²) in [5.41, 5.74) is 16.6. The van der Waals surface area contributed by atoms with Gasteiger partial charge in [-0.2, -0.15) is 0 Å². The zero-order chi connectivity index (χ0) is 41.4. The average Bonchev–Trinajstić information content (AvgIpc) is 4.02.